The molecule has 2 aromatic carbocycles. The minimum absolute atomic E-state index is 0.118. The molecule has 2 saturated heterocycles. The molecular weight excluding hydrogens is 613 g/mol. The van der Waals surface area contributed by atoms with Crippen molar-refractivity contribution in [3.63, 3.8) is 0 Å². The number of hydrogen-bond donors (Lipinski definition) is 1. The molecule has 2 aromatic rings. The summed E-state index contributed by atoms with van der Waals surface area (Å²) >= 11 is -0.215. The molecule has 2 heterocycles. The number of hydrogen-bond acceptors (Lipinski definition) is 5. The van der Waals surface area contributed by atoms with E-state index in [1.807, 2.05) is 24.3 Å². The van der Waals surface area contributed by atoms with E-state index in [-0.39, 0.29) is 32.7 Å². The van der Waals surface area contributed by atoms with Gasteiger partial charge in [-0.25, -0.2) is 0 Å². The van der Waals surface area contributed by atoms with Gasteiger partial charge in [-0.05, 0) is 0 Å². The fourth-order valence-corrected chi connectivity index (χ4v) is 11.8. The Balaban J connectivity index is 1.33. The number of rotatable bonds is 10. The minimum atomic E-state index is -0.215. The summed E-state index contributed by atoms with van der Waals surface area (Å²) < 4.78 is 20.8. The summed E-state index contributed by atoms with van der Waals surface area (Å²) in [5.74, 6) is 2.77. The van der Waals surface area contributed by atoms with E-state index in [2.05, 4.69) is 43.9 Å². The van der Waals surface area contributed by atoms with E-state index in [9.17, 15) is 5.11 Å². The van der Waals surface area contributed by atoms with Crippen LogP contribution in [-0.2, 0) is 21.5 Å². The fraction of sp³-hybridized carbons (Fsp3) is 0.647. The summed E-state index contributed by atoms with van der Waals surface area (Å²) in [5.41, 5.74) is 3.29. The normalized spacial score (nSPS) is 32.4. The molecule has 5 nitrogen and oxygen atoms in total. The van der Waals surface area contributed by atoms with Crippen LogP contribution in [0.5, 0.6) is 11.5 Å². The van der Waals surface area contributed by atoms with Crippen LogP contribution < -0.4 is 4.74 Å². The Labute approximate surface area is 251 Å². The van der Waals surface area contributed by atoms with Crippen LogP contribution in [0.3, 0.4) is 0 Å². The van der Waals surface area contributed by atoms with Crippen molar-refractivity contribution in [1.29, 1.82) is 0 Å². The van der Waals surface area contributed by atoms with Crippen LogP contribution in [0.4, 0.5) is 0 Å². The van der Waals surface area contributed by atoms with Gasteiger partial charge in [0.1, 0.15) is 0 Å². The molecular formula is C34H48INO4. The Morgan fingerprint density at radius 1 is 1.12 bits per heavy atom. The summed E-state index contributed by atoms with van der Waals surface area (Å²) in [7, 11) is 0. The number of likely N-dealkylation sites (tertiary alicyclic amines) is 1. The quantitative estimate of drug-likeness (QED) is 0.165. The first kappa shape index (κ1) is 28.8. The molecule has 4 unspecified atom stereocenters. The fourth-order valence-electron chi connectivity index (χ4n) is 7.84. The van der Waals surface area contributed by atoms with E-state index < -0.39 is 0 Å². The van der Waals surface area contributed by atoms with E-state index in [0.29, 0.717) is 46.9 Å². The second-order valence-electron chi connectivity index (χ2n) is 12.8. The molecule has 6 rings (SSSR count). The van der Waals surface area contributed by atoms with Crippen molar-refractivity contribution in [2.45, 2.75) is 94.0 Å². The third-order valence-electron chi connectivity index (χ3n) is 10.2. The van der Waals surface area contributed by atoms with E-state index >= 15 is 0 Å². The number of phenols is 1. The Bertz CT molecular complexity index is 1140. The molecule has 0 radical (unpaired) electrons. The van der Waals surface area contributed by atoms with E-state index in [4.69, 9.17) is 14.2 Å². The molecule has 0 bridgehead atoms. The molecule has 1 N–H and O–H groups in total. The van der Waals surface area contributed by atoms with Crippen LogP contribution in [0.2, 0.25) is 0 Å². The molecule has 6 heteroatoms. The number of piperidine rings is 1. The van der Waals surface area contributed by atoms with Gasteiger partial charge in [-0.1, -0.05) is 18.2 Å². The van der Waals surface area contributed by atoms with Crippen molar-refractivity contribution >= 4 is 21.2 Å². The first-order valence-electron chi connectivity index (χ1n) is 15.6. The van der Waals surface area contributed by atoms with E-state index in [1.165, 1.54) is 42.2 Å². The summed E-state index contributed by atoms with van der Waals surface area (Å²) in [5, 5.41) is 11.9. The second kappa shape index (κ2) is 12.5. The number of fused-ring (bicyclic) bond motifs is 2. The van der Waals surface area contributed by atoms with Gasteiger partial charge in [0.05, 0.1) is 0 Å². The number of halogens is 1. The van der Waals surface area contributed by atoms with Crippen molar-refractivity contribution in [3.8, 4) is 11.5 Å². The molecule has 40 heavy (non-hydrogen) atoms. The molecule has 2 saturated carbocycles. The molecule has 0 aromatic heterocycles. The van der Waals surface area contributed by atoms with Crippen molar-refractivity contribution in [2.75, 3.05) is 24.3 Å². The van der Waals surface area contributed by atoms with Crippen LogP contribution >= 0.6 is 21.2 Å². The average molecular weight is 662 g/mol. The second-order valence-corrected chi connectivity index (χ2v) is 16.2. The predicted molar refractivity (Wildman–Crippen MR) is 170 cm³/mol. The summed E-state index contributed by atoms with van der Waals surface area (Å²) in [6.45, 7) is 10.1. The Hall–Kier alpha value is -1.35. The zero-order valence-electron chi connectivity index (χ0n) is 24.5. The van der Waals surface area contributed by atoms with Crippen molar-refractivity contribution in [1.82, 2.24) is 4.90 Å². The van der Waals surface area contributed by atoms with Crippen molar-refractivity contribution < 1.29 is 19.3 Å². The summed E-state index contributed by atoms with van der Waals surface area (Å²) in [6, 6.07) is 14.8. The van der Waals surface area contributed by atoms with Crippen LogP contribution in [0, 0.1) is 24.7 Å². The monoisotopic (exact) mass is 661 g/mol. The van der Waals surface area contributed by atoms with E-state index in [0.717, 1.165) is 42.9 Å². The van der Waals surface area contributed by atoms with Crippen LogP contribution in [-0.4, -0.2) is 50.6 Å². The van der Waals surface area contributed by atoms with Crippen molar-refractivity contribution in [2.24, 2.45) is 17.8 Å². The van der Waals surface area contributed by atoms with Crippen LogP contribution in [0.1, 0.15) is 75.5 Å². The number of aromatic hydroxyl groups is 1. The van der Waals surface area contributed by atoms with Gasteiger partial charge in [-0.15, -0.1) is 0 Å². The van der Waals surface area contributed by atoms with E-state index in [1.54, 1.807) is 0 Å². The maximum atomic E-state index is 11.9. The number of ether oxygens (including phenoxy) is 3. The molecule has 2 aliphatic carbocycles. The van der Waals surface area contributed by atoms with Gasteiger partial charge in [0, 0.05) is 0 Å². The summed E-state index contributed by atoms with van der Waals surface area (Å²) in [6.07, 6.45) is 8.73. The third kappa shape index (κ3) is 5.80. The summed E-state index contributed by atoms with van der Waals surface area (Å²) in [4.78, 5) is 2.77. The number of benzene rings is 2. The molecule has 2 aliphatic heterocycles. The molecule has 0 spiro atoms. The van der Waals surface area contributed by atoms with Gasteiger partial charge < -0.3 is 0 Å². The van der Waals surface area contributed by atoms with Gasteiger partial charge in [-0.2, -0.15) is 0 Å². The van der Waals surface area contributed by atoms with Crippen LogP contribution in [0.25, 0.3) is 0 Å². The first-order valence-corrected chi connectivity index (χ1v) is 18.6. The topological polar surface area (TPSA) is 51.2 Å². The van der Waals surface area contributed by atoms with Gasteiger partial charge >= 0.3 is 234 Å². The number of phenolic OH excluding ortho intramolecular Hbond substituents is 1. The molecule has 0 amide bonds. The SMILES string of the molecule is CCCC[IH]C1OCOC2C[C@@]3(c4c(C)ccc(OCc5ccccc5)c4O)CCN(CC4CC4)C(C)C3C[C@@H]21. The number of unbranched alkanes of at least 4 members (excludes halogenated alkanes) is 1. The molecule has 4 fully saturated rings. The van der Waals surface area contributed by atoms with Gasteiger partial charge in [0.2, 0.25) is 0 Å². The average Bonchev–Trinajstić information content (AvgIpc) is 3.79. The number of aryl methyl sites for hydroxylation is 1. The first-order chi connectivity index (χ1) is 19.5. The zero-order chi connectivity index (χ0) is 27.7. The Morgan fingerprint density at radius 2 is 1.95 bits per heavy atom. The Morgan fingerprint density at radius 3 is 2.73 bits per heavy atom. The third-order valence-corrected chi connectivity index (χ3v) is 14.0. The number of alkyl halides is 2. The van der Waals surface area contributed by atoms with Gasteiger partial charge in [0.25, 0.3) is 0 Å². The maximum absolute atomic E-state index is 11.9. The standard InChI is InChI=1S/C34H48INO4/c1-4-5-16-35-33-27-18-28-24(3)36(20-25-12-13-25)17-15-34(28,19-30(27)39-22-40-33)31-23(2)11-14-29(32(31)37)38-21-26-9-7-6-8-10-26/h6-11,14,24-25,27-28,30,33,35,37H,4-5,12-13,15-22H2,1-3H3/t24?,27-,28?,30?,33?,34-/m0/s1. The zero-order valence-corrected chi connectivity index (χ0v) is 26.8. The molecule has 4 aliphatic rings. The predicted octanol–water partition coefficient (Wildman–Crippen LogP) is 7.25. The van der Waals surface area contributed by atoms with Gasteiger partial charge in [0.15, 0.2) is 0 Å². The van der Waals surface area contributed by atoms with Crippen LogP contribution in [0.15, 0.2) is 42.5 Å². The van der Waals surface area contributed by atoms with Gasteiger partial charge in [-0.3, -0.25) is 0 Å². The molecule has 6 atom stereocenters. The Kier molecular flexibility index (Phi) is 8.97. The number of nitrogens with zero attached hydrogens (tertiary/aromatic N) is 1. The molecule has 220 valence electrons. The van der Waals surface area contributed by atoms with Crippen molar-refractivity contribution in [3.05, 3.63) is 59.2 Å².